The molecule has 0 aliphatic heterocycles. The summed E-state index contributed by atoms with van der Waals surface area (Å²) in [6.45, 7) is 5.45. The van der Waals surface area contributed by atoms with Crippen molar-refractivity contribution >= 4 is 21.7 Å². The Balaban J connectivity index is 3.00. The number of ketones is 1. The molecule has 0 aliphatic rings. The molecular formula is C11H13BrO2. The first-order chi connectivity index (χ1) is 6.50. The first-order valence-corrected chi connectivity index (χ1v) is 5.27. The molecule has 1 aromatic rings. The van der Waals surface area contributed by atoms with Gasteiger partial charge in [0.15, 0.2) is 5.78 Å². The average molecular weight is 257 g/mol. The van der Waals surface area contributed by atoms with Crippen LogP contribution in [0.15, 0.2) is 22.7 Å². The van der Waals surface area contributed by atoms with Gasteiger partial charge in [-0.15, -0.1) is 0 Å². The molecule has 1 aromatic carbocycles. The van der Waals surface area contributed by atoms with Gasteiger partial charge in [-0.2, -0.15) is 0 Å². The van der Waals surface area contributed by atoms with Crippen molar-refractivity contribution in [2.75, 3.05) is 0 Å². The second-order valence-electron chi connectivity index (χ2n) is 3.36. The molecule has 14 heavy (non-hydrogen) atoms. The number of rotatable bonds is 3. The normalized spacial score (nSPS) is 10.4. The minimum absolute atomic E-state index is 0.0334. The van der Waals surface area contributed by atoms with Crippen LogP contribution in [-0.2, 0) is 0 Å². The van der Waals surface area contributed by atoms with Crippen LogP contribution < -0.4 is 4.74 Å². The number of carbonyl (C=O) groups is 1. The summed E-state index contributed by atoms with van der Waals surface area (Å²) >= 11 is 3.32. The lowest BCUT2D eigenvalue weighted by molar-refractivity contribution is 0.101. The summed E-state index contributed by atoms with van der Waals surface area (Å²) in [5.41, 5.74) is 0.656. The molecule has 0 aromatic heterocycles. The molecule has 2 nitrogen and oxygen atoms in total. The van der Waals surface area contributed by atoms with Crippen LogP contribution in [0.4, 0.5) is 0 Å². The van der Waals surface area contributed by atoms with Gasteiger partial charge in [0.25, 0.3) is 0 Å². The van der Waals surface area contributed by atoms with Gasteiger partial charge in [0.05, 0.1) is 6.10 Å². The van der Waals surface area contributed by atoms with E-state index in [-0.39, 0.29) is 11.9 Å². The van der Waals surface area contributed by atoms with Gasteiger partial charge in [-0.1, -0.05) is 15.9 Å². The Kier molecular flexibility index (Phi) is 3.69. The van der Waals surface area contributed by atoms with E-state index in [4.69, 9.17) is 4.74 Å². The predicted molar refractivity (Wildman–Crippen MR) is 59.9 cm³/mol. The topological polar surface area (TPSA) is 26.3 Å². The van der Waals surface area contributed by atoms with Crippen molar-refractivity contribution in [2.24, 2.45) is 0 Å². The minimum Gasteiger partial charge on any atom is -0.491 e. The summed E-state index contributed by atoms with van der Waals surface area (Å²) in [6.07, 6.45) is 0.121. The summed E-state index contributed by atoms with van der Waals surface area (Å²) in [6, 6.07) is 5.43. The molecule has 0 bridgehead atoms. The number of benzene rings is 1. The number of halogens is 1. The van der Waals surface area contributed by atoms with Crippen molar-refractivity contribution in [3.05, 3.63) is 28.2 Å². The highest BCUT2D eigenvalue weighted by atomic mass is 79.9. The molecule has 0 saturated carbocycles. The van der Waals surface area contributed by atoms with E-state index in [0.29, 0.717) is 5.56 Å². The standard InChI is InChI=1S/C11H13BrO2/c1-7(2)14-9-4-5-11(12)10(6-9)8(3)13/h4-7H,1-3H3. The van der Waals surface area contributed by atoms with Crippen LogP contribution >= 0.6 is 15.9 Å². The van der Waals surface area contributed by atoms with Gasteiger partial charge in [0.2, 0.25) is 0 Å². The number of Topliss-reactive ketones (excluding diaryl/α,β-unsaturated/α-hetero) is 1. The van der Waals surface area contributed by atoms with Crippen molar-refractivity contribution in [1.82, 2.24) is 0 Å². The summed E-state index contributed by atoms with van der Waals surface area (Å²) in [4.78, 5) is 11.2. The van der Waals surface area contributed by atoms with Gasteiger partial charge in [-0.25, -0.2) is 0 Å². The molecule has 0 spiro atoms. The molecule has 0 unspecified atom stereocenters. The summed E-state index contributed by atoms with van der Waals surface area (Å²) in [5.74, 6) is 0.763. The first kappa shape index (κ1) is 11.2. The first-order valence-electron chi connectivity index (χ1n) is 4.48. The number of hydrogen-bond donors (Lipinski definition) is 0. The van der Waals surface area contributed by atoms with E-state index >= 15 is 0 Å². The maximum absolute atomic E-state index is 11.2. The van der Waals surface area contributed by atoms with Crippen molar-refractivity contribution in [3.8, 4) is 5.75 Å². The second kappa shape index (κ2) is 4.60. The van der Waals surface area contributed by atoms with Crippen LogP contribution in [0.25, 0.3) is 0 Å². The highest BCUT2D eigenvalue weighted by Gasteiger charge is 2.07. The van der Waals surface area contributed by atoms with Crippen LogP contribution in [0.5, 0.6) is 5.75 Å². The summed E-state index contributed by atoms with van der Waals surface area (Å²) in [7, 11) is 0. The fourth-order valence-corrected chi connectivity index (χ4v) is 1.65. The Morgan fingerprint density at radius 1 is 1.43 bits per heavy atom. The second-order valence-corrected chi connectivity index (χ2v) is 4.22. The van der Waals surface area contributed by atoms with Gasteiger partial charge in [-0.05, 0) is 39.0 Å². The fourth-order valence-electron chi connectivity index (χ4n) is 1.12. The van der Waals surface area contributed by atoms with Crippen molar-refractivity contribution in [1.29, 1.82) is 0 Å². The van der Waals surface area contributed by atoms with Crippen molar-refractivity contribution in [3.63, 3.8) is 0 Å². The quantitative estimate of drug-likeness (QED) is 0.775. The summed E-state index contributed by atoms with van der Waals surface area (Å²) in [5, 5.41) is 0. The Hall–Kier alpha value is -0.830. The molecule has 3 heteroatoms. The van der Waals surface area contributed by atoms with Crippen LogP contribution in [0.1, 0.15) is 31.1 Å². The lowest BCUT2D eigenvalue weighted by Gasteiger charge is -2.10. The molecule has 0 amide bonds. The van der Waals surface area contributed by atoms with Gasteiger partial charge < -0.3 is 4.74 Å². The van der Waals surface area contributed by atoms with Crippen molar-refractivity contribution in [2.45, 2.75) is 26.9 Å². The monoisotopic (exact) mass is 256 g/mol. The van der Waals surface area contributed by atoms with Crippen LogP contribution in [0.2, 0.25) is 0 Å². The zero-order valence-corrected chi connectivity index (χ0v) is 10.1. The minimum atomic E-state index is 0.0334. The van der Waals surface area contributed by atoms with Crippen LogP contribution in [-0.4, -0.2) is 11.9 Å². The number of ether oxygens (including phenoxy) is 1. The van der Waals surface area contributed by atoms with E-state index in [1.807, 2.05) is 26.0 Å². The molecule has 0 aliphatic carbocycles. The van der Waals surface area contributed by atoms with Crippen LogP contribution in [0.3, 0.4) is 0 Å². The van der Waals surface area contributed by atoms with Crippen molar-refractivity contribution < 1.29 is 9.53 Å². The highest BCUT2D eigenvalue weighted by molar-refractivity contribution is 9.10. The molecular weight excluding hydrogens is 244 g/mol. The van der Waals surface area contributed by atoms with E-state index in [2.05, 4.69) is 15.9 Å². The van der Waals surface area contributed by atoms with E-state index in [1.54, 1.807) is 13.0 Å². The van der Waals surface area contributed by atoms with Crippen LogP contribution in [0, 0.1) is 0 Å². The zero-order chi connectivity index (χ0) is 10.7. The highest BCUT2D eigenvalue weighted by Crippen LogP contribution is 2.23. The van der Waals surface area contributed by atoms with Gasteiger partial charge in [0, 0.05) is 10.0 Å². The maximum Gasteiger partial charge on any atom is 0.161 e. The number of hydrogen-bond acceptors (Lipinski definition) is 2. The largest absolute Gasteiger partial charge is 0.491 e. The lowest BCUT2D eigenvalue weighted by atomic mass is 10.1. The molecule has 1 rings (SSSR count). The molecule has 0 saturated heterocycles. The van der Waals surface area contributed by atoms with E-state index in [1.165, 1.54) is 0 Å². The molecule has 0 atom stereocenters. The third kappa shape index (κ3) is 2.84. The summed E-state index contributed by atoms with van der Waals surface area (Å²) < 4.78 is 6.29. The Bertz CT molecular complexity index is 345. The average Bonchev–Trinajstić information content (AvgIpc) is 2.07. The number of carbonyl (C=O) groups excluding carboxylic acids is 1. The molecule has 0 N–H and O–H groups in total. The Morgan fingerprint density at radius 2 is 2.07 bits per heavy atom. The lowest BCUT2D eigenvalue weighted by Crippen LogP contribution is -2.06. The van der Waals surface area contributed by atoms with E-state index in [0.717, 1.165) is 10.2 Å². The molecule has 0 radical (unpaired) electrons. The fraction of sp³-hybridized carbons (Fsp3) is 0.364. The van der Waals surface area contributed by atoms with E-state index < -0.39 is 0 Å². The predicted octanol–water partition coefficient (Wildman–Crippen LogP) is 3.44. The SMILES string of the molecule is CC(=O)c1cc(OC(C)C)ccc1Br. The third-order valence-electron chi connectivity index (χ3n) is 1.69. The smallest absolute Gasteiger partial charge is 0.161 e. The Morgan fingerprint density at radius 3 is 2.57 bits per heavy atom. The van der Waals surface area contributed by atoms with Gasteiger partial charge in [0.1, 0.15) is 5.75 Å². The third-order valence-corrected chi connectivity index (χ3v) is 2.38. The maximum atomic E-state index is 11.2. The Labute approximate surface area is 92.4 Å². The molecule has 76 valence electrons. The van der Waals surface area contributed by atoms with E-state index in [9.17, 15) is 4.79 Å². The van der Waals surface area contributed by atoms with Gasteiger partial charge in [-0.3, -0.25) is 4.79 Å². The van der Waals surface area contributed by atoms with Gasteiger partial charge >= 0.3 is 0 Å². The molecule has 0 heterocycles. The molecule has 0 fully saturated rings. The zero-order valence-electron chi connectivity index (χ0n) is 8.50.